The first kappa shape index (κ1) is 41.5. The minimum atomic E-state index is -3.29. The number of rotatable bonds is 8. The minimum absolute atomic E-state index is 0.650. The van der Waals surface area contributed by atoms with E-state index < -0.39 is 8.07 Å². The molecule has 0 fully saturated rings. The summed E-state index contributed by atoms with van der Waals surface area (Å²) in [6.45, 7) is 0. The second-order valence-electron chi connectivity index (χ2n) is 18.7. The number of hydrogen-bond donors (Lipinski definition) is 0. The summed E-state index contributed by atoms with van der Waals surface area (Å²) in [4.78, 5) is 0. The van der Waals surface area contributed by atoms with E-state index in [1.165, 1.54) is 53.1 Å². The summed E-state index contributed by atoms with van der Waals surface area (Å²) < 4.78 is 7.65. The highest BCUT2D eigenvalue weighted by Gasteiger charge is 2.43. The molecule has 0 aliphatic heterocycles. The number of nitrogens with zero attached hydrogens (tertiary/aromatic N) is 4. The summed E-state index contributed by atoms with van der Waals surface area (Å²) in [6.07, 6.45) is 0. The van der Waals surface area contributed by atoms with Gasteiger partial charge >= 0.3 is 0 Å². The van der Waals surface area contributed by atoms with Crippen molar-refractivity contribution in [2.24, 2.45) is 0 Å². The molecule has 3 aromatic heterocycles. The molecule has 0 aliphatic carbocycles. The van der Waals surface area contributed by atoms with Gasteiger partial charge in [-0.15, -0.1) is 0 Å². The molecule has 0 N–H and O–H groups in total. The first-order chi connectivity index (χ1) is 35.7. The van der Waals surface area contributed by atoms with E-state index in [1.807, 2.05) is 12.1 Å². The molecule has 0 saturated heterocycles. The first-order valence-electron chi connectivity index (χ1n) is 24.6. The van der Waals surface area contributed by atoms with Crippen LogP contribution in [0.1, 0.15) is 5.56 Å². The molecule has 0 unspecified atom stereocenters. The predicted octanol–water partition coefficient (Wildman–Crippen LogP) is 13.9. The smallest absolute Gasteiger partial charge is 0.179 e. The minimum Gasteiger partial charge on any atom is -0.307 e. The van der Waals surface area contributed by atoms with Gasteiger partial charge in [0, 0.05) is 32.3 Å². The van der Waals surface area contributed by atoms with Gasteiger partial charge in [0.05, 0.1) is 61.8 Å². The molecular formula is C67H44N4Si. The van der Waals surface area contributed by atoms with Crippen LogP contribution in [0.15, 0.2) is 267 Å². The van der Waals surface area contributed by atoms with Crippen molar-refractivity contribution in [1.29, 1.82) is 5.26 Å². The van der Waals surface area contributed by atoms with Crippen LogP contribution in [0.25, 0.3) is 93.6 Å². The molecule has 11 aromatic carbocycles. The Labute approximate surface area is 417 Å². The summed E-state index contributed by atoms with van der Waals surface area (Å²) in [5.41, 5.74) is 13.0. The lowest BCUT2D eigenvalue weighted by molar-refractivity contribution is 1.05. The van der Waals surface area contributed by atoms with Crippen LogP contribution in [0, 0.1) is 11.3 Å². The molecule has 4 nitrogen and oxygen atoms in total. The fraction of sp³-hybridized carbons (Fsp3) is 0. The molecule has 14 rings (SSSR count). The SMILES string of the molecule is N#Cc1ccc(-c2ccc([Si](c3ccccc3)(c3ccccc3)c3cc(-n4c5ccccc5c5ccccc54)c(-n4c5ccccc5c5ccccc54)c(-n4c5ccccc5c5ccccc54)c3)cc2)cc1. The second-order valence-corrected chi connectivity index (χ2v) is 22.5. The van der Waals surface area contributed by atoms with Gasteiger partial charge in [-0.3, -0.25) is 0 Å². The third kappa shape index (κ3) is 6.16. The Hall–Kier alpha value is -9.47. The largest absolute Gasteiger partial charge is 0.307 e. The van der Waals surface area contributed by atoms with Crippen molar-refractivity contribution >= 4 is 94.2 Å². The lowest BCUT2D eigenvalue weighted by atomic mass is 10.0. The van der Waals surface area contributed by atoms with Gasteiger partial charge in [-0.05, 0) is 92.5 Å². The molecule has 0 aliphatic rings. The molecule has 72 heavy (non-hydrogen) atoms. The molecule has 14 aromatic rings. The normalized spacial score (nSPS) is 11.9. The topological polar surface area (TPSA) is 38.6 Å². The maximum atomic E-state index is 9.63. The van der Waals surface area contributed by atoms with Gasteiger partial charge in [0.15, 0.2) is 8.07 Å². The molecule has 336 valence electrons. The van der Waals surface area contributed by atoms with E-state index in [4.69, 9.17) is 0 Å². The molecule has 0 saturated carbocycles. The molecule has 0 amide bonds. The van der Waals surface area contributed by atoms with Crippen LogP contribution >= 0.6 is 0 Å². The first-order valence-corrected chi connectivity index (χ1v) is 26.6. The summed E-state index contributed by atoms with van der Waals surface area (Å²) >= 11 is 0. The van der Waals surface area contributed by atoms with Crippen LogP contribution in [0.3, 0.4) is 0 Å². The van der Waals surface area contributed by atoms with E-state index in [2.05, 4.69) is 275 Å². The summed E-state index contributed by atoms with van der Waals surface area (Å²) in [5.74, 6) is 0. The van der Waals surface area contributed by atoms with Gasteiger partial charge in [0.2, 0.25) is 0 Å². The highest BCUT2D eigenvalue weighted by molar-refractivity contribution is 7.20. The Balaban J connectivity index is 1.22. The standard InChI is InChI=1S/C67H44N4Si/c68-45-46-35-37-47(38-36-46)48-39-41-51(42-40-48)72(49-19-3-1-4-20-49,50-21-5-2-6-22-50)52-43-65(69-59-29-13-7-23-53(59)54-24-8-14-30-60(54)69)67(71-63-33-17-11-27-57(63)58-28-12-18-34-64(58)71)66(44-52)70-61-31-15-9-25-55(61)56-26-10-16-32-62(56)70/h1-44H. The highest BCUT2D eigenvalue weighted by atomic mass is 28.3. The Bertz CT molecular complexity index is 4110. The van der Waals surface area contributed by atoms with Gasteiger partial charge < -0.3 is 13.7 Å². The predicted molar refractivity (Wildman–Crippen MR) is 303 cm³/mol. The average Bonchev–Trinajstić information content (AvgIpc) is 4.10. The lowest BCUT2D eigenvalue weighted by Crippen LogP contribution is -2.74. The van der Waals surface area contributed by atoms with Crippen LogP contribution in [0.4, 0.5) is 0 Å². The van der Waals surface area contributed by atoms with Crippen molar-refractivity contribution in [2.75, 3.05) is 0 Å². The van der Waals surface area contributed by atoms with E-state index in [0.29, 0.717) is 5.56 Å². The van der Waals surface area contributed by atoms with Crippen molar-refractivity contribution in [3.8, 4) is 34.3 Å². The van der Waals surface area contributed by atoms with Crippen molar-refractivity contribution in [2.45, 2.75) is 0 Å². The van der Waals surface area contributed by atoms with Gasteiger partial charge in [-0.1, -0.05) is 206 Å². The zero-order valence-electron chi connectivity index (χ0n) is 39.2. The molecule has 0 spiro atoms. The number of hydrogen-bond acceptors (Lipinski definition) is 1. The fourth-order valence-electron chi connectivity index (χ4n) is 11.9. The van der Waals surface area contributed by atoms with Crippen LogP contribution in [-0.2, 0) is 0 Å². The van der Waals surface area contributed by atoms with Gasteiger partial charge in [0.25, 0.3) is 0 Å². The third-order valence-electron chi connectivity index (χ3n) is 15.0. The monoisotopic (exact) mass is 932 g/mol. The average molecular weight is 933 g/mol. The quantitative estimate of drug-likeness (QED) is 0.111. The number of benzene rings is 11. The molecular weight excluding hydrogens is 889 g/mol. The highest BCUT2D eigenvalue weighted by Crippen LogP contribution is 2.43. The van der Waals surface area contributed by atoms with Crippen molar-refractivity contribution in [3.63, 3.8) is 0 Å². The number of fused-ring (bicyclic) bond motifs is 9. The number of aromatic nitrogens is 3. The van der Waals surface area contributed by atoms with Crippen LogP contribution in [0.2, 0.25) is 0 Å². The Morgan fingerprint density at radius 2 is 0.569 bits per heavy atom. The Kier molecular flexibility index (Phi) is 9.57. The van der Waals surface area contributed by atoms with Gasteiger partial charge in [-0.25, -0.2) is 0 Å². The fourth-order valence-corrected chi connectivity index (χ4v) is 16.7. The van der Waals surface area contributed by atoms with Crippen LogP contribution in [0.5, 0.6) is 0 Å². The van der Waals surface area contributed by atoms with E-state index in [1.54, 1.807) is 0 Å². The summed E-state index contributed by atoms with van der Waals surface area (Å²) in [5, 5.41) is 22.0. The lowest BCUT2D eigenvalue weighted by Gasteiger charge is -2.36. The van der Waals surface area contributed by atoms with Crippen molar-refractivity contribution in [1.82, 2.24) is 13.7 Å². The zero-order valence-corrected chi connectivity index (χ0v) is 40.2. The number of nitriles is 1. The maximum Gasteiger partial charge on any atom is 0.179 e. The van der Waals surface area contributed by atoms with E-state index >= 15 is 0 Å². The van der Waals surface area contributed by atoms with Crippen LogP contribution < -0.4 is 20.7 Å². The van der Waals surface area contributed by atoms with Gasteiger partial charge in [-0.2, -0.15) is 5.26 Å². The van der Waals surface area contributed by atoms with Crippen LogP contribution in [-0.4, -0.2) is 21.8 Å². The Morgan fingerprint density at radius 1 is 0.278 bits per heavy atom. The number of para-hydroxylation sites is 6. The van der Waals surface area contributed by atoms with Gasteiger partial charge in [0.1, 0.15) is 0 Å². The van der Waals surface area contributed by atoms with E-state index in [-0.39, 0.29) is 0 Å². The van der Waals surface area contributed by atoms with E-state index in [0.717, 1.165) is 61.3 Å². The molecule has 0 radical (unpaired) electrons. The van der Waals surface area contributed by atoms with Crippen molar-refractivity contribution < 1.29 is 0 Å². The van der Waals surface area contributed by atoms with E-state index in [9.17, 15) is 5.26 Å². The van der Waals surface area contributed by atoms with Crippen molar-refractivity contribution in [3.05, 3.63) is 272 Å². The maximum absolute atomic E-state index is 9.63. The molecule has 3 heterocycles. The molecule has 5 heteroatoms. The third-order valence-corrected chi connectivity index (χ3v) is 19.8. The summed E-state index contributed by atoms with van der Waals surface area (Å²) in [7, 11) is -3.29. The second kappa shape index (κ2) is 16.6. The Morgan fingerprint density at radius 3 is 0.917 bits per heavy atom. The molecule has 0 bridgehead atoms. The zero-order chi connectivity index (χ0) is 47.8. The summed E-state index contributed by atoms with van der Waals surface area (Å²) in [6, 6.07) is 101. The molecule has 0 atom stereocenters.